The Hall–Kier alpha value is -2.98. The third kappa shape index (κ3) is 3.03. The lowest BCUT2D eigenvalue weighted by molar-refractivity contribution is -0.985. The molecule has 0 amide bonds. The fraction of sp³-hybridized carbons (Fsp3) is 0.308. The van der Waals surface area contributed by atoms with E-state index in [2.05, 4.69) is 42.5 Å². The number of hydrogen-bond acceptors (Lipinski definition) is 3. The first-order valence-corrected chi connectivity index (χ1v) is 10.6. The van der Waals surface area contributed by atoms with Crippen LogP contribution in [0.2, 0.25) is 0 Å². The van der Waals surface area contributed by atoms with Crippen LogP contribution in [0.3, 0.4) is 0 Å². The molecule has 0 spiro atoms. The Morgan fingerprint density at radius 1 is 0.967 bits per heavy atom. The van der Waals surface area contributed by atoms with Crippen LogP contribution in [0.5, 0.6) is 17.2 Å². The molecule has 2 atom stereocenters. The van der Waals surface area contributed by atoms with Gasteiger partial charge in [-0.1, -0.05) is 36.4 Å². The van der Waals surface area contributed by atoms with E-state index in [0.29, 0.717) is 11.8 Å². The number of benzene rings is 3. The lowest BCUT2D eigenvalue weighted by Gasteiger charge is -2.51. The number of methoxy groups -OCH3 is 2. The fourth-order valence-corrected chi connectivity index (χ4v) is 5.53. The summed E-state index contributed by atoms with van der Waals surface area (Å²) in [6, 6.07) is 21.3. The molecule has 0 fully saturated rings. The molecule has 5 rings (SSSR count). The number of quaternary nitrogens is 1. The summed E-state index contributed by atoms with van der Waals surface area (Å²) in [5, 5.41) is 10.0. The summed E-state index contributed by atoms with van der Waals surface area (Å²) in [6.07, 6.45) is 1.93. The molecule has 4 heteroatoms. The van der Waals surface area contributed by atoms with Gasteiger partial charge in [-0.25, -0.2) is 0 Å². The highest BCUT2D eigenvalue weighted by Gasteiger charge is 2.47. The molecule has 0 aliphatic carbocycles. The average molecular weight is 403 g/mol. The molecule has 0 bridgehead atoms. The first-order chi connectivity index (χ1) is 14.6. The summed E-state index contributed by atoms with van der Waals surface area (Å²) >= 11 is 0. The molecule has 0 saturated heterocycles. The molecule has 2 aliphatic rings. The van der Waals surface area contributed by atoms with Crippen LogP contribution in [0.4, 0.5) is 0 Å². The Morgan fingerprint density at radius 2 is 1.80 bits per heavy atom. The van der Waals surface area contributed by atoms with Crippen molar-refractivity contribution < 1.29 is 19.1 Å². The van der Waals surface area contributed by atoms with E-state index >= 15 is 0 Å². The van der Waals surface area contributed by atoms with E-state index in [0.717, 1.165) is 48.5 Å². The van der Waals surface area contributed by atoms with Crippen LogP contribution >= 0.6 is 0 Å². The molecule has 1 N–H and O–H groups in total. The average Bonchev–Trinajstić information content (AvgIpc) is 2.77. The van der Waals surface area contributed by atoms with Gasteiger partial charge in [0.15, 0.2) is 11.5 Å². The van der Waals surface area contributed by atoms with Gasteiger partial charge in [0.25, 0.3) is 0 Å². The normalized spacial score (nSPS) is 21.9. The van der Waals surface area contributed by atoms with Gasteiger partial charge in [-0.15, -0.1) is 0 Å². The Morgan fingerprint density at radius 3 is 2.57 bits per heavy atom. The maximum atomic E-state index is 10.0. The highest BCUT2D eigenvalue weighted by atomic mass is 16.5. The molecule has 0 saturated carbocycles. The van der Waals surface area contributed by atoms with Gasteiger partial charge in [0.2, 0.25) is 0 Å². The molecule has 2 unspecified atom stereocenters. The number of aromatic hydroxyl groups is 1. The first-order valence-electron chi connectivity index (χ1n) is 10.6. The van der Waals surface area contributed by atoms with Gasteiger partial charge in [-0.2, -0.15) is 0 Å². The summed E-state index contributed by atoms with van der Waals surface area (Å²) in [5.74, 6) is 2.03. The van der Waals surface area contributed by atoms with Crippen LogP contribution in [-0.2, 0) is 25.9 Å². The van der Waals surface area contributed by atoms with Crippen molar-refractivity contribution in [3.05, 3.63) is 88.5 Å². The van der Waals surface area contributed by atoms with Crippen LogP contribution < -0.4 is 9.47 Å². The van der Waals surface area contributed by atoms with Crippen molar-refractivity contribution in [2.24, 2.45) is 0 Å². The van der Waals surface area contributed by atoms with E-state index < -0.39 is 0 Å². The number of phenols is 1. The molecule has 30 heavy (non-hydrogen) atoms. The molecular weight excluding hydrogens is 374 g/mol. The molecular formula is C26H28NO3+. The third-order valence-corrected chi connectivity index (χ3v) is 6.95. The predicted molar refractivity (Wildman–Crippen MR) is 117 cm³/mol. The second kappa shape index (κ2) is 7.37. The summed E-state index contributed by atoms with van der Waals surface area (Å²) in [4.78, 5) is 0. The lowest BCUT2D eigenvalue weighted by Crippen LogP contribution is -2.55. The molecule has 4 nitrogen and oxygen atoms in total. The van der Waals surface area contributed by atoms with Crippen LogP contribution in [0.25, 0.3) is 0 Å². The molecule has 3 aromatic rings. The SMILES string of the molecule is COc1ccc2c(c1OC)C[N+]1(Cc3ccccc3)CCc3cc(O)ccc3C1C2. The lowest BCUT2D eigenvalue weighted by atomic mass is 9.80. The summed E-state index contributed by atoms with van der Waals surface area (Å²) < 4.78 is 12.4. The van der Waals surface area contributed by atoms with Gasteiger partial charge in [0.05, 0.1) is 26.3 Å². The molecule has 3 aromatic carbocycles. The molecule has 2 heterocycles. The Balaban J connectivity index is 1.66. The van der Waals surface area contributed by atoms with Crippen LogP contribution in [0, 0.1) is 0 Å². The summed E-state index contributed by atoms with van der Waals surface area (Å²) in [7, 11) is 3.44. The van der Waals surface area contributed by atoms with Gasteiger partial charge >= 0.3 is 0 Å². The quantitative estimate of drug-likeness (QED) is 0.639. The van der Waals surface area contributed by atoms with Gasteiger partial charge < -0.3 is 19.1 Å². The predicted octanol–water partition coefficient (Wildman–Crippen LogP) is 4.78. The van der Waals surface area contributed by atoms with Crippen molar-refractivity contribution in [1.82, 2.24) is 0 Å². The zero-order chi connectivity index (χ0) is 20.7. The minimum atomic E-state index is 0.361. The second-order valence-corrected chi connectivity index (χ2v) is 8.54. The van der Waals surface area contributed by atoms with Gasteiger partial charge in [0.1, 0.15) is 24.9 Å². The van der Waals surface area contributed by atoms with Crippen molar-refractivity contribution >= 4 is 0 Å². The van der Waals surface area contributed by atoms with Crippen LogP contribution in [0.1, 0.15) is 33.9 Å². The van der Waals surface area contributed by atoms with Crippen LogP contribution in [-0.4, -0.2) is 30.4 Å². The molecule has 2 aliphatic heterocycles. The van der Waals surface area contributed by atoms with Crippen LogP contribution in [0.15, 0.2) is 60.7 Å². The van der Waals surface area contributed by atoms with Gasteiger partial charge in [-0.3, -0.25) is 0 Å². The molecule has 0 aromatic heterocycles. The van der Waals surface area contributed by atoms with E-state index in [1.165, 1.54) is 27.8 Å². The van der Waals surface area contributed by atoms with Crippen molar-refractivity contribution in [3.8, 4) is 17.2 Å². The summed E-state index contributed by atoms with van der Waals surface area (Å²) in [6.45, 7) is 2.93. The fourth-order valence-electron chi connectivity index (χ4n) is 5.53. The highest BCUT2D eigenvalue weighted by Crippen LogP contribution is 2.49. The van der Waals surface area contributed by atoms with Crippen molar-refractivity contribution in [2.75, 3.05) is 20.8 Å². The minimum absolute atomic E-state index is 0.361. The zero-order valence-electron chi connectivity index (χ0n) is 17.6. The van der Waals surface area contributed by atoms with E-state index in [1.54, 1.807) is 14.2 Å². The number of fused-ring (bicyclic) bond motifs is 4. The smallest absolute Gasteiger partial charge is 0.169 e. The van der Waals surface area contributed by atoms with Crippen molar-refractivity contribution in [1.29, 1.82) is 0 Å². The Kier molecular flexibility index (Phi) is 4.67. The van der Waals surface area contributed by atoms with Gasteiger partial charge in [0, 0.05) is 24.0 Å². The largest absolute Gasteiger partial charge is 0.508 e. The van der Waals surface area contributed by atoms with E-state index in [1.807, 2.05) is 18.2 Å². The Bertz CT molecular complexity index is 1080. The van der Waals surface area contributed by atoms with E-state index in [4.69, 9.17) is 9.47 Å². The zero-order valence-corrected chi connectivity index (χ0v) is 17.6. The number of hydrogen-bond donors (Lipinski definition) is 1. The maximum absolute atomic E-state index is 10.0. The second-order valence-electron chi connectivity index (χ2n) is 8.54. The van der Waals surface area contributed by atoms with Crippen molar-refractivity contribution in [3.63, 3.8) is 0 Å². The minimum Gasteiger partial charge on any atom is -0.508 e. The first kappa shape index (κ1) is 19.0. The standard InChI is InChI=1S/C26H27NO3/c1-29-25-11-8-19-15-24-22-10-9-21(28)14-20(22)12-13-27(24,17-23(19)26(25)30-2)16-18-6-4-3-5-7-18/h3-11,14,24H,12-13,15-17H2,1-2H3/p+1. The topological polar surface area (TPSA) is 38.7 Å². The number of ether oxygens (including phenoxy) is 2. The monoisotopic (exact) mass is 402 g/mol. The van der Waals surface area contributed by atoms with E-state index in [-0.39, 0.29) is 0 Å². The molecule has 0 radical (unpaired) electrons. The number of rotatable bonds is 4. The third-order valence-electron chi connectivity index (χ3n) is 6.95. The molecule has 154 valence electrons. The Labute approximate surface area is 177 Å². The highest BCUT2D eigenvalue weighted by molar-refractivity contribution is 5.52. The van der Waals surface area contributed by atoms with Crippen molar-refractivity contribution in [2.45, 2.75) is 32.0 Å². The van der Waals surface area contributed by atoms with E-state index in [9.17, 15) is 5.11 Å². The number of phenolic OH excluding ortho intramolecular Hbond substituents is 1. The summed E-state index contributed by atoms with van der Waals surface area (Å²) in [5.41, 5.74) is 6.61. The number of nitrogens with zero attached hydrogens (tertiary/aromatic N) is 1. The maximum Gasteiger partial charge on any atom is 0.169 e. The van der Waals surface area contributed by atoms with Gasteiger partial charge in [-0.05, 0) is 35.4 Å².